The van der Waals surface area contributed by atoms with Crippen molar-refractivity contribution >= 4 is 45.3 Å². The van der Waals surface area contributed by atoms with E-state index in [1.165, 1.54) is 16.3 Å². The molecule has 5 rings (SSSR count). The number of hydrogen-bond acceptors (Lipinski definition) is 3. The Morgan fingerprint density at radius 1 is 0.879 bits per heavy atom. The molecule has 0 saturated heterocycles. The number of phenolic OH excluding ortho intramolecular Hbond substituents is 1. The maximum absolute atomic E-state index is 12.5. The third kappa shape index (κ3) is 4.96. The molecule has 4 nitrogen and oxygen atoms in total. The van der Waals surface area contributed by atoms with E-state index in [0.717, 1.165) is 17.1 Å². The predicted molar refractivity (Wildman–Crippen MR) is 138 cm³/mol. The summed E-state index contributed by atoms with van der Waals surface area (Å²) in [5.41, 5.74) is 3.95. The quantitative estimate of drug-likeness (QED) is 0.336. The minimum absolute atomic E-state index is 0.0739. The molecule has 1 amide bonds. The third-order valence-electron chi connectivity index (χ3n) is 5.86. The van der Waals surface area contributed by atoms with Crippen molar-refractivity contribution in [3.63, 3.8) is 0 Å². The van der Waals surface area contributed by atoms with Gasteiger partial charge >= 0.3 is 0 Å². The number of benzene rings is 4. The van der Waals surface area contributed by atoms with Gasteiger partial charge in [0.25, 0.3) is 0 Å². The van der Waals surface area contributed by atoms with Crippen molar-refractivity contribution in [2.75, 3.05) is 23.4 Å². The molecule has 0 fully saturated rings. The number of phenols is 1. The molecule has 1 aliphatic heterocycles. The van der Waals surface area contributed by atoms with Gasteiger partial charge in [-0.05, 0) is 60.2 Å². The zero-order valence-electron chi connectivity index (χ0n) is 19.0. The molecule has 168 valence electrons. The first-order valence-corrected chi connectivity index (χ1v) is 11.3. The van der Waals surface area contributed by atoms with Crippen molar-refractivity contribution in [2.45, 2.75) is 13.8 Å². The Morgan fingerprint density at radius 3 is 2.30 bits per heavy atom. The Hall–Kier alpha value is -3.50. The van der Waals surface area contributed by atoms with E-state index >= 15 is 0 Å². The Balaban J connectivity index is 0.000000196. The van der Waals surface area contributed by atoms with Gasteiger partial charge in [0.2, 0.25) is 5.91 Å². The molecule has 1 atom stereocenters. The van der Waals surface area contributed by atoms with Gasteiger partial charge in [-0.25, -0.2) is 0 Å². The van der Waals surface area contributed by atoms with Gasteiger partial charge in [0, 0.05) is 24.3 Å². The van der Waals surface area contributed by atoms with E-state index in [2.05, 4.69) is 54.3 Å². The molecule has 0 bridgehead atoms. The smallest absolute Gasteiger partial charge is 0.231 e. The molecule has 5 heteroatoms. The Kier molecular flexibility index (Phi) is 6.57. The maximum atomic E-state index is 12.5. The number of carbonyl (C=O) groups excluding carboxylic acids is 1. The number of aryl methyl sites for hydroxylation is 1. The van der Waals surface area contributed by atoms with Crippen molar-refractivity contribution in [1.82, 2.24) is 0 Å². The third-order valence-corrected chi connectivity index (χ3v) is 6.10. The van der Waals surface area contributed by atoms with Crippen LogP contribution >= 0.6 is 11.6 Å². The van der Waals surface area contributed by atoms with E-state index in [1.807, 2.05) is 31.2 Å². The Labute approximate surface area is 199 Å². The van der Waals surface area contributed by atoms with E-state index < -0.39 is 0 Å². The number of anilines is 3. The number of aromatic hydroxyl groups is 1. The van der Waals surface area contributed by atoms with E-state index in [-0.39, 0.29) is 17.6 Å². The fourth-order valence-corrected chi connectivity index (χ4v) is 4.25. The van der Waals surface area contributed by atoms with E-state index in [0.29, 0.717) is 11.6 Å². The van der Waals surface area contributed by atoms with Gasteiger partial charge in [0.15, 0.2) is 0 Å². The van der Waals surface area contributed by atoms with E-state index in [1.54, 1.807) is 30.1 Å². The molecule has 33 heavy (non-hydrogen) atoms. The highest BCUT2D eigenvalue weighted by molar-refractivity contribution is 6.31. The van der Waals surface area contributed by atoms with Crippen molar-refractivity contribution < 1.29 is 9.90 Å². The first-order valence-electron chi connectivity index (χ1n) is 10.9. The van der Waals surface area contributed by atoms with Crippen LogP contribution in [0.25, 0.3) is 10.8 Å². The molecule has 1 aliphatic rings. The summed E-state index contributed by atoms with van der Waals surface area (Å²) >= 11 is 6.16. The van der Waals surface area contributed by atoms with Crippen LogP contribution in [0.3, 0.4) is 0 Å². The molecule has 1 heterocycles. The number of fused-ring (bicyclic) bond motifs is 2. The van der Waals surface area contributed by atoms with E-state index in [4.69, 9.17) is 11.6 Å². The van der Waals surface area contributed by atoms with Crippen LogP contribution in [0.4, 0.5) is 17.1 Å². The summed E-state index contributed by atoms with van der Waals surface area (Å²) < 4.78 is 0. The molecule has 0 spiro atoms. The molecular formula is C28H27ClN2O2. The van der Waals surface area contributed by atoms with E-state index in [9.17, 15) is 9.90 Å². The molecule has 0 aromatic heterocycles. The first-order chi connectivity index (χ1) is 15.8. The second-order valence-corrected chi connectivity index (χ2v) is 8.85. The summed E-state index contributed by atoms with van der Waals surface area (Å²) in [5, 5.41) is 12.8. The summed E-state index contributed by atoms with van der Waals surface area (Å²) in [6, 6.07) is 27.4. The van der Waals surface area contributed by atoms with Gasteiger partial charge in [-0.15, -0.1) is 0 Å². The summed E-state index contributed by atoms with van der Waals surface area (Å²) in [6.07, 6.45) is 0. The summed E-state index contributed by atoms with van der Waals surface area (Å²) in [6.45, 7) is 4.59. The van der Waals surface area contributed by atoms with Crippen LogP contribution in [0.1, 0.15) is 12.5 Å². The Morgan fingerprint density at radius 2 is 1.58 bits per heavy atom. The fourth-order valence-electron chi connectivity index (χ4n) is 4.08. The van der Waals surface area contributed by atoms with Gasteiger partial charge < -0.3 is 14.9 Å². The average Bonchev–Trinajstić information content (AvgIpc) is 2.90. The molecule has 1 N–H and O–H groups in total. The zero-order chi connectivity index (χ0) is 23.5. The van der Waals surface area contributed by atoms with Crippen LogP contribution in [-0.2, 0) is 4.79 Å². The van der Waals surface area contributed by atoms with Crippen LogP contribution in [0.5, 0.6) is 5.75 Å². The number of amides is 1. The van der Waals surface area contributed by atoms with Crippen molar-refractivity contribution in [2.24, 2.45) is 5.92 Å². The molecule has 0 aliphatic carbocycles. The fraction of sp³-hybridized carbons (Fsp3) is 0.179. The molecule has 0 radical (unpaired) electrons. The highest BCUT2D eigenvalue weighted by atomic mass is 35.5. The van der Waals surface area contributed by atoms with Gasteiger partial charge in [-0.2, -0.15) is 0 Å². The second-order valence-electron chi connectivity index (χ2n) is 8.41. The summed E-state index contributed by atoms with van der Waals surface area (Å²) in [5.74, 6) is 0.140. The lowest BCUT2D eigenvalue weighted by Crippen LogP contribution is -2.33. The number of hydrogen-bond donors (Lipinski definition) is 1. The lowest BCUT2D eigenvalue weighted by molar-refractivity contribution is -0.121. The van der Waals surface area contributed by atoms with Crippen LogP contribution in [-0.4, -0.2) is 24.6 Å². The molecule has 4 aromatic rings. The number of nitrogens with zero attached hydrogens (tertiary/aromatic N) is 2. The number of halogens is 1. The topological polar surface area (TPSA) is 43.8 Å². The van der Waals surface area contributed by atoms with Crippen molar-refractivity contribution in [1.29, 1.82) is 0 Å². The van der Waals surface area contributed by atoms with Gasteiger partial charge in [-0.1, -0.05) is 66.6 Å². The summed E-state index contributed by atoms with van der Waals surface area (Å²) in [7, 11) is 1.78. The molecule has 4 aromatic carbocycles. The minimum Gasteiger partial charge on any atom is -0.508 e. The highest BCUT2D eigenvalue weighted by Gasteiger charge is 2.29. The van der Waals surface area contributed by atoms with Gasteiger partial charge in [0.05, 0.1) is 17.3 Å². The van der Waals surface area contributed by atoms with Gasteiger partial charge in [0.1, 0.15) is 5.75 Å². The molecule has 1 unspecified atom stereocenters. The minimum atomic E-state index is -0.148. The highest BCUT2D eigenvalue weighted by Crippen LogP contribution is 2.39. The molecular weight excluding hydrogens is 432 g/mol. The van der Waals surface area contributed by atoms with Crippen LogP contribution in [0.2, 0.25) is 5.02 Å². The monoisotopic (exact) mass is 458 g/mol. The van der Waals surface area contributed by atoms with Crippen molar-refractivity contribution in [3.8, 4) is 5.75 Å². The zero-order valence-corrected chi connectivity index (χ0v) is 19.8. The van der Waals surface area contributed by atoms with Crippen molar-refractivity contribution in [3.05, 3.63) is 95.5 Å². The number of rotatable bonds is 1. The lowest BCUT2D eigenvalue weighted by Gasteiger charge is -2.26. The molecule has 0 saturated carbocycles. The standard InChI is InChI=1S/C17H17ClN2O2.C11H10/c1-11-10-20(13-4-6-14(21)7-5-13)16-9-12(18)3-8-15(16)19(2)17(11)22;1-9-6-7-10-4-2-3-5-11(10)8-9/h3-9,11,21H,10H2,1-2H3;2-8H,1H3. The largest absolute Gasteiger partial charge is 0.508 e. The number of carbonyl (C=O) groups is 1. The first kappa shape index (κ1) is 22.7. The predicted octanol–water partition coefficient (Wildman–Crippen LogP) is 6.94. The normalized spacial score (nSPS) is 15.5. The van der Waals surface area contributed by atoms with Crippen LogP contribution < -0.4 is 9.80 Å². The maximum Gasteiger partial charge on any atom is 0.231 e. The SMILES string of the molecule is CC1CN(c2ccc(O)cc2)c2cc(Cl)ccc2N(C)C1=O.Cc1ccc2ccccc2c1. The average molecular weight is 459 g/mol. The van der Waals surface area contributed by atoms with Crippen LogP contribution in [0, 0.1) is 12.8 Å². The lowest BCUT2D eigenvalue weighted by atomic mass is 10.1. The van der Waals surface area contributed by atoms with Crippen LogP contribution in [0.15, 0.2) is 84.9 Å². The summed E-state index contributed by atoms with van der Waals surface area (Å²) in [4.78, 5) is 16.2. The second kappa shape index (κ2) is 9.55. The van der Waals surface area contributed by atoms with Gasteiger partial charge in [-0.3, -0.25) is 4.79 Å². The Bertz CT molecular complexity index is 1290.